The molecule has 4 aromatic carbocycles. The maximum atomic E-state index is 6.23. The van der Waals surface area contributed by atoms with E-state index in [4.69, 9.17) is 4.42 Å². The van der Waals surface area contributed by atoms with Crippen LogP contribution in [0.2, 0.25) is 0 Å². The molecule has 0 atom stereocenters. The largest absolute Gasteiger partial charge is 0.455 e. The minimum Gasteiger partial charge on any atom is -0.455 e. The summed E-state index contributed by atoms with van der Waals surface area (Å²) in [6.07, 6.45) is 0.757. The molecule has 0 saturated heterocycles. The van der Waals surface area contributed by atoms with Gasteiger partial charge >= 0.3 is 0 Å². The monoisotopic (exact) mass is 452 g/mol. The first-order valence-corrected chi connectivity index (χ1v) is 10.8. The molecule has 0 spiro atoms. The summed E-state index contributed by atoms with van der Waals surface area (Å²) >= 11 is 3.64. The second kappa shape index (κ2) is 7.62. The van der Waals surface area contributed by atoms with E-state index in [1.54, 1.807) is 0 Å². The average Bonchev–Trinajstić information content (AvgIpc) is 3.14. The second-order valence-electron chi connectivity index (χ2n) is 7.68. The highest BCUT2D eigenvalue weighted by molar-refractivity contribution is 9.10. The van der Waals surface area contributed by atoms with Crippen molar-refractivity contribution in [1.29, 1.82) is 0 Å². The Morgan fingerprint density at radius 1 is 0.833 bits per heavy atom. The lowest BCUT2D eigenvalue weighted by molar-refractivity contribution is 0.667. The number of rotatable bonds is 4. The third-order valence-corrected chi connectivity index (χ3v) is 6.19. The SMILES string of the molecule is C=C(Cc1ccc(Br)cc1-c1ccccc1C)c1cccc2c1oc1ccccc12. The number of halogens is 1. The molecular formula is C28H21BrO. The molecule has 0 aliphatic heterocycles. The molecule has 0 unspecified atom stereocenters. The third-order valence-electron chi connectivity index (χ3n) is 5.70. The maximum absolute atomic E-state index is 6.23. The summed E-state index contributed by atoms with van der Waals surface area (Å²) < 4.78 is 7.31. The Labute approximate surface area is 184 Å². The molecule has 1 heterocycles. The van der Waals surface area contributed by atoms with Crippen LogP contribution in [-0.4, -0.2) is 0 Å². The quantitative estimate of drug-likeness (QED) is 0.266. The van der Waals surface area contributed by atoms with Crippen LogP contribution in [0.1, 0.15) is 16.7 Å². The highest BCUT2D eigenvalue weighted by Crippen LogP contribution is 2.36. The first-order valence-electron chi connectivity index (χ1n) is 10.0. The second-order valence-corrected chi connectivity index (χ2v) is 8.59. The van der Waals surface area contributed by atoms with Crippen molar-refractivity contribution in [3.05, 3.63) is 113 Å². The summed E-state index contributed by atoms with van der Waals surface area (Å²) in [7, 11) is 0. The molecule has 0 amide bonds. The van der Waals surface area contributed by atoms with Crippen molar-refractivity contribution in [3.63, 3.8) is 0 Å². The molecular weight excluding hydrogens is 432 g/mol. The van der Waals surface area contributed by atoms with Gasteiger partial charge in [0.05, 0.1) is 0 Å². The van der Waals surface area contributed by atoms with Crippen molar-refractivity contribution in [2.45, 2.75) is 13.3 Å². The Bertz CT molecular complexity index is 1410. The summed E-state index contributed by atoms with van der Waals surface area (Å²) in [4.78, 5) is 0. The van der Waals surface area contributed by atoms with Crippen molar-refractivity contribution in [2.24, 2.45) is 0 Å². The van der Waals surface area contributed by atoms with Crippen molar-refractivity contribution in [1.82, 2.24) is 0 Å². The fourth-order valence-electron chi connectivity index (χ4n) is 4.18. The van der Waals surface area contributed by atoms with Crippen molar-refractivity contribution in [2.75, 3.05) is 0 Å². The lowest BCUT2D eigenvalue weighted by Crippen LogP contribution is -1.95. The van der Waals surface area contributed by atoms with Crippen LogP contribution in [0.4, 0.5) is 0 Å². The van der Waals surface area contributed by atoms with E-state index in [0.717, 1.165) is 44.0 Å². The standard InChI is InChI=1S/C28H21BrO/c1-18-8-3-4-9-22(18)26-17-21(29)15-14-20(26)16-19(2)23-11-7-12-25-24-10-5-6-13-27(24)30-28(23)25/h3-15,17H,2,16H2,1H3. The van der Waals surface area contributed by atoms with Crippen LogP contribution in [-0.2, 0) is 6.42 Å². The summed E-state index contributed by atoms with van der Waals surface area (Å²) in [5, 5.41) is 2.28. The van der Waals surface area contributed by atoms with E-state index in [0.29, 0.717) is 0 Å². The van der Waals surface area contributed by atoms with Gasteiger partial charge in [0.15, 0.2) is 0 Å². The number of benzene rings is 4. The van der Waals surface area contributed by atoms with Crippen LogP contribution in [0.3, 0.4) is 0 Å². The Kier molecular flexibility index (Phi) is 4.80. The highest BCUT2D eigenvalue weighted by Gasteiger charge is 2.15. The summed E-state index contributed by atoms with van der Waals surface area (Å²) in [5.41, 5.74) is 8.96. The molecule has 0 aliphatic carbocycles. The average molecular weight is 453 g/mol. The summed E-state index contributed by atoms with van der Waals surface area (Å²) in [5.74, 6) is 0. The van der Waals surface area contributed by atoms with Gasteiger partial charge < -0.3 is 4.42 Å². The van der Waals surface area contributed by atoms with Crippen molar-refractivity contribution >= 4 is 43.4 Å². The first-order chi connectivity index (χ1) is 14.6. The van der Waals surface area contributed by atoms with Gasteiger partial charge in [-0.15, -0.1) is 0 Å². The van der Waals surface area contributed by atoms with Crippen LogP contribution in [0.5, 0.6) is 0 Å². The van der Waals surface area contributed by atoms with Gasteiger partial charge in [-0.2, -0.15) is 0 Å². The van der Waals surface area contributed by atoms with E-state index in [2.05, 4.69) is 102 Å². The molecule has 0 radical (unpaired) electrons. The smallest absolute Gasteiger partial charge is 0.142 e. The van der Waals surface area contributed by atoms with Crippen molar-refractivity contribution < 1.29 is 4.42 Å². The molecule has 146 valence electrons. The number of fused-ring (bicyclic) bond motifs is 3. The van der Waals surface area contributed by atoms with E-state index >= 15 is 0 Å². The lowest BCUT2D eigenvalue weighted by Gasteiger charge is -2.14. The number of para-hydroxylation sites is 2. The normalized spacial score (nSPS) is 11.3. The summed E-state index contributed by atoms with van der Waals surface area (Å²) in [6, 6.07) is 29.5. The molecule has 0 bridgehead atoms. The molecule has 1 aromatic heterocycles. The zero-order valence-electron chi connectivity index (χ0n) is 16.8. The lowest BCUT2D eigenvalue weighted by atomic mass is 9.91. The Morgan fingerprint density at radius 2 is 1.60 bits per heavy atom. The van der Waals surface area contributed by atoms with Gasteiger partial charge in [-0.25, -0.2) is 0 Å². The highest BCUT2D eigenvalue weighted by atomic mass is 79.9. The predicted octanol–water partition coefficient (Wildman–Crippen LogP) is 8.58. The molecule has 0 saturated carbocycles. The van der Waals surface area contributed by atoms with Gasteiger partial charge in [0.25, 0.3) is 0 Å². The van der Waals surface area contributed by atoms with Crippen LogP contribution >= 0.6 is 15.9 Å². The summed E-state index contributed by atoms with van der Waals surface area (Å²) in [6.45, 7) is 6.61. The molecule has 0 aliphatic rings. The number of allylic oxidation sites excluding steroid dienone is 1. The Balaban J connectivity index is 1.60. The molecule has 0 fully saturated rings. The Hall–Kier alpha value is -3.10. The zero-order valence-corrected chi connectivity index (χ0v) is 18.4. The van der Waals surface area contributed by atoms with E-state index in [1.807, 2.05) is 12.1 Å². The zero-order chi connectivity index (χ0) is 20.7. The topological polar surface area (TPSA) is 13.1 Å². The van der Waals surface area contributed by atoms with Crippen LogP contribution in [0, 0.1) is 6.92 Å². The molecule has 5 rings (SSSR count). The molecule has 1 nitrogen and oxygen atoms in total. The minimum absolute atomic E-state index is 0.757. The number of furan rings is 1. The van der Waals surface area contributed by atoms with Gasteiger partial charge in [-0.05, 0) is 59.4 Å². The van der Waals surface area contributed by atoms with E-state index < -0.39 is 0 Å². The molecule has 5 aromatic rings. The van der Waals surface area contributed by atoms with E-state index in [1.165, 1.54) is 22.3 Å². The Morgan fingerprint density at radius 3 is 2.47 bits per heavy atom. The number of hydrogen-bond acceptors (Lipinski definition) is 1. The molecule has 2 heteroatoms. The van der Waals surface area contributed by atoms with Gasteiger partial charge in [0.1, 0.15) is 11.2 Å². The van der Waals surface area contributed by atoms with Gasteiger partial charge in [0.2, 0.25) is 0 Å². The molecule has 30 heavy (non-hydrogen) atoms. The van der Waals surface area contributed by atoms with Crippen LogP contribution < -0.4 is 0 Å². The molecule has 0 N–H and O–H groups in total. The maximum Gasteiger partial charge on any atom is 0.142 e. The fraction of sp³-hybridized carbons (Fsp3) is 0.0714. The predicted molar refractivity (Wildman–Crippen MR) is 131 cm³/mol. The van der Waals surface area contributed by atoms with Gasteiger partial charge in [-0.3, -0.25) is 0 Å². The van der Waals surface area contributed by atoms with E-state index in [-0.39, 0.29) is 0 Å². The van der Waals surface area contributed by atoms with Gasteiger partial charge in [0, 0.05) is 20.8 Å². The number of aryl methyl sites for hydroxylation is 1. The number of hydrogen-bond donors (Lipinski definition) is 0. The van der Waals surface area contributed by atoms with Crippen molar-refractivity contribution in [3.8, 4) is 11.1 Å². The van der Waals surface area contributed by atoms with Crippen LogP contribution in [0.25, 0.3) is 38.6 Å². The first kappa shape index (κ1) is 18.9. The third kappa shape index (κ3) is 3.28. The van der Waals surface area contributed by atoms with E-state index in [9.17, 15) is 0 Å². The minimum atomic E-state index is 0.757. The fourth-order valence-corrected chi connectivity index (χ4v) is 4.54. The van der Waals surface area contributed by atoms with Gasteiger partial charge in [-0.1, -0.05) is 89.2 Å². The van der Waals surface area contributed by atoms with Crippen LogP contribution in [0.15, 0.2) is 100 Å².